The summed E-state index contributed by atoms with van der Waals surface area (Å²) >= 11 is 0. The molecule has 5 heteroatoms. The highest BCUT2D eigenvalue weighted by Gasteiger charge is 2.10. The van der Waals surface area contributed by atoms with Gasteiger partial charge in [0.25, 0.3) is 0 Å². The van der Waals surface area contributed by atoms with E-state index >= 15 is 0 Å². The topological polar surface area (TPSA) is 54.9 Å². The second kappa shape index (κ2) is 10.1. The van der Waals surface area contributed by atoms with Crippen LogP contribution in [0.5, 0.6) is 0 Å². The van der Waals surface area contributed by atoms with Crippen molar-refractivity contribution in [3.8, 4) is 0 Å². The van der Waals surface area contributed by atoms with Crippen LogP contribution in [-0.4, -0.2) is 52.0 Å². The van der Waals surface area contributed by atoms with Crippen LogP contribution in [-0.2, 0) is 9.47 Å². The lowest BCUT2D eigenvalue weighted by molar-refractivity contribution is 0.0689. The van der Waals surface area contributed by atoms with Gasteiger partial charge in [-0.3, -0.25) is 4.99 Å². The van der Waals surface area contributed by atoms with Gasteiger partial charge in [-0.2, -0.15) is 0 Å². The number of nitrogens with zero attached hydrogens (tertiary/aromatic N) is 1. The quantitative estimate of drug-likeness (QED) is 0.393. The molecule has 0 aliphatic carbocycles. The molecular formula is C13H29N3O2. The maximum absolute atomic E-state index is 5.39. The molecule has 0 aliphatic rings. The Morgan fingerprint density at radius 3 is 2.39 bits per heavy atom. The highest BCUT2D eigenvalue weighted by molar-refractivity contribution is 5.80. The molecule has 5 nitrogen and oxygen atoms in total. The van der Waals surface area contributed by atoms with Crippen LogP contribution >= 0.6 is 0 Å². The molecular weight excluding hydrogens is 230 g/mol. The third kappa shape index (κ3) is 11.7. The Kier molecular flexibility index (Phi) is 9.69. The van der Waals surface area contributed by atoms with Crippen LogP contribution in [0.4, 0.5) is 0 Å². The van der Waals surface area contributed by atoms with Crippen molar-refractivity contribution in [2.24, 2.45) is 4.99 Å². The fourth-order valence-corrected chi connectivity index (χ4v) is 1.31. The van der Waals surface area contributed by atoms with Crippen LogP contribution in [0.3, 0.4) is 0 Å². The average molecular weight is 259 g/mol. The minimum Gasteiger partial charge on any atom is -0.382 e. The number of methoxy groups -OCH3 is 1. The molecule has 0 rings (SSSR count). The molecule has 0 radical (unpaired) electrons. The minimum atomic E-state index is 0.0328. The molecule has 0 aromatic heterocycles. The first-order valence-corrected chi connectivity index (χ1v) is 6.55. The standard InChI is InChI=1S/C13H29N3O2/c1-13(2,3)16-12(14-4)15-8-6-7-9-18-11-10-17-5/h6-11H2,1-5H3,(H2,14,15,16). The molecule has 0 aliphatic heterocycles. The van der Waals surface area contributed by atoms with E-state index in [1.54, 1.807) is 14.2 Å². The summed E-state index contributed by atoms with van der Waals surface area (Å²) in [7, 11) is 3.47. The molecule has 0 saturated carbocycles. The van der Waals surface area contributed by atoms with Gasteiger partial charge in [0, 0.05) is 32.8 Å². The second-order valence-corrected chi connectivity index (χ2v) is 5.19. The maximum Gasteiger partial charge on any atom is 0.191 e. The van der Waals surface area contributed by atoms with Crippen molar-refractivity contribution in [1.82, 2.24) is 10.6 Å². The lowest BCUT2D eigenvalue weighted by atomic mass is 10.1. The van der Waals surface area contributed by atoms with Gasteiger partial charge >= 0.3 is 0 Å². The number of unbranched alkanes of at least 4 members (excludes halogenated alkanes) is 1. The van der Waals surface area contributed by atoms with E-state index in [-0.39, 0.29) is 5.54 Å². The van der Waals surface area contributed by atoms with Gasteiger partial charge in [0.05, 0.1) is 13.2 Å². The number of aliphatic imine (C=N–C) groups is 1. The van der Waals surface area contributed by atoms with E-state index in [1.165, 1.54) is 0 Å². The van der Waals surface area contributed by atoms with Crippen molar-refractivity contribution < 1.29 is 9.47 Å². The number of rotatable bonds is 8. The van der Waals surface area contributed by atoms with Crippen molar-refractivity contribution in [1.29, 1.82) is 0 Å². The molecule has 0 aromatic rings. The number of guanidine groups is 1. The van der Waals surface area contributed by atoms with Crippen LogP contribution in [0.2, 0.25) is 0 Å². The van der Waals surface area contributed by atoms with Gasteiger partial charge in [-0.1, -0.05) is 0 Å². The number of nitrogens with one attached hydrogen (secondary N) is 2. The van der Waals surface area contributed by atoms with Crippen molar-refractivity contribution in [2.45, 2.75) is 39.2 Å². The zero-order valence-electron chi connectivity index (χ0n) is 12.5. The predicted octanol–water partition coefficient (Wildman–Crippen LogP) is 1.39. The van der Waals surface area contributed by atoms with E-state index in [4.69, 9.17) is 9.47 Å². The smallest absolute Gasteiger partial charge is 0.191 e. The summed E-state index contributed by atoms with van der Waals surface area (Å²) in [6.45, 7) is 9.38. The summed E-state index contributed by atoms with van der Waals surface area (Å²) in [5, 5.41) is 6.60. The molecule has 0 unspecified atom stereocenters. The third-order valence-corrected chi connectivity index (χ3v) is 2.16. The first-order valence-electron chi connectivity index (χ1n) is 6.55. The van der Waals surface area contributed by atoms with Crippen LogP contribution in [0.25, 0.3) is 0 Å². The van der Waals surface area contributed by atoms with Crippen LogP contribution in [0, 0.1) is 0 Å². The zero-order chi connectivity index (χ0) is 13.9. The van der Waals surface area contributed by atoms with Gasteiger partial charge in [0.1, 0.15) is 0 Å². The van der Waals surface area contributed by atoms with E-state index in [0.717, 1.165) is 32.0 Å². The van der Waals surface area contributed by atoms with Crippen molar-refractivity contribution >= 4 is 5.96 Å². The van der Waals surface area contributed by atoms with Crippen molar-refractivity contribution in [3.63, 3.8) is 0 Å². The van der Waals surface area contributed by atoms with Gasteiger partial charge < -0.3 is 20.1 Å². The predicted molar refractivity (Wildman–Crippen MR) is 76.2 cm³/mol. The molecule has 0 saturated heterocycles. The summed E-state index contributed by atoms with van der Waals surface area (Å²) in [5.74, 6) is 0.850. The summed E-state index contributed by atoms with van der Waals surface area (Å²) in [6.07, 6.45) is 2.11. The van der Waals surface area contributed by atoms with Crippen LogP contribution in [0.1, 0.15) is 33.6 Å². The third-order valence-electron chi connectivity index (χ3n) is 2.16. The Morgan fingerprint density at radius 2 is 1.83 bits per heavy atom. The Hall–Kier alpha value is -0.810. The average Bonchev–Trinajstić information content (AvgIpc) is 2.29. The van der Waals surface area contributed by atoms with Crippen molar-refractivity contribution in [2.75, 3.05) is 40.5 Å². The molecule has 18 heavy (non-hydrogen) atoms. The molecule has 0 amide bonds. The minimum absolute atomic E-state index is 0.0328. The van der Waals surface area contributed by atoms with Crippen molar-refractivity contribution in [3.05, 3.63) is 0 Å². The molecule has 2 N–H and O–H groups in total. The first-order chi connectivity index (χ1) is 8.49. The molecule has 0 atom stereocenters. The van der Waals surface area contributed by atoms with Crippen LogP contribution < -0.4 is 10.6 Å². The molecule has 0 spiro atoms. The molecule has 108 valence electrons. The summed E-state index contributed by atoms with van der Waals surface area (Å²) in [4.78, 5) is 4.18. The summed E-state index contributed by atoms with van der Waals surface area (Å²) < 4.78 is 10.3. The van der Waals surface area contributed by atoms with Gasteiger partial charge in [-0.15, -0.1) is 0 Å². The number of ether oxygens (including phenoxy) is 2. The largest absolute Gasteiger partial charge is 0.382 e. The molecule has 0 aromatic carbocycles. The van der Waals surface area contributed by atoms with Gasteiger partial charge in [0.15, 0.2) is 5.96 Å². The normalized spacial score (nSPS) is 12.6. The molecule has 0 bridgehead atoms. The fraction of sp³-hybridized carbons (Fsp3) is 0.923. The SMILES string of the molecule is CN=C(NCCCCOCCOC)NC(C)(C)C. The maximum atomic E-state index is 5.39. The Labute approximate surface area is 111 Å². The van der Waals surface area contributed by atoms with E-state index in [9.17, 15) is 0 Å². The van der Waals surface area contributed by atoms with Crippen LogP contribution in [0.15, 0.2) is 4.99 Å². The lowest BCUT2D eigenvalue weighted by Gasteiger charge is -2.23. The molecule has 0 heterocycles. The Balaban J connectivity index is 3.47. The van der Waals surface area contributed by atoms with Gasteiger partial charge in [0.2, 0.25) is 0 Å². The lowest BCUT2D eigenvalue weighted by Crippen LogP contribution is -2.47. The van der Waals surface area contributed by atoms with Gasteiger partial charge in [-0.25, -0.2) is 0 Å². The highest BCUT2D eigenvalue weighted by Crippen LogP contribution is 1.97. The summed E-state index contributed by atoms with van der Waals surface area (Å²) in [5.41, 5.74) is 0.0328. The molecule has 0 fully saturated rings. The van der Waals surface area contributed by atoms with Gasteiger partial charge in [-0.05, 0) is 33.6 Å². The van der Waals surface area contributed by atoms with E-state index < -0.39 is 0 Å². The number of hydrogen-bond donors (Lipinski definition) is 2. The van der Waals surface area contributed by atoms with E-state index in [2.05, 4.69) is 36.4 Å². The van der Waals surface area contributed by atoms with E-state index in [0.29, 0.717) is 13.2 Å². The zero-order valence-corrected chi connectivity index (χ0v) is 12.5. The monoisotopic (exact) mass is 259 g/mol. The Bertz CT molecular complexity index is 225. The highest BCUT2D eigenvalue weighted by atomic mass is 16.5. The Morgan fingerprint density at radius 1 is 1.11 bits per heavy atom. The fourth-order valence-electron chi connectivity index (χ4n) is 1.31. The second-order valence-electron chi connectivity index (χ2n) is 5.19. The summed E-state index contributed by atoms with van der Waals surface area (Å²) in [6, 6.07) is 0. The van der Waals surface area contributed by atoms with E-state index in [1.807, 2.05) is 0 Å². The first kappa shape index (κ1) is 17.2. The number of hydrogen-bond acceptors (Lipinski definition) is 3.